The molecule has 1 N–H and O–H groups in total. The van der Waals surface area contributed by atoms with Gasteiger partial charge in [-0.15, -0.1) is 0 Å². The summed E-state index contributed by atoms with van der Waals surface area (Å²) < 4.78 is 41.2. The Morgan fingerprint density at radius 1 is 1.14 bits per heavy atom. The Bertz CT molecular complexity index is 1520. The molecule has 1 unspecified atom stereocenters. The van der Waals surface area contributed by atoms with Crippen molar-refractivity contribution in [3.63, 3.8) is 0 Å². The number of amides is 1. The standard InChI is InChI=1S/C34H43ClN2O6S/c1-22-5-3-6-26(18-38)28-11-8-25(28)17-37-20-34(14-4-7-23-15-27(35)10-12-29(23)34)21-43-31-13-9-24(16-30(31)37)33(39)36-44(40,41)32(22)19-42-2/h9-10,12-13,15-16,18,22,25-26,28,32H,3-8,11,14,17,19-21H2,1-2H3,(H,36,39)/t22-,25-,26?,28+,32+,34-/m0/s1. The molecule has 44 heavy (non-hydrogen) atoms. The lowest BCUT2D eigenvalue weighted by Gasteiger charge is -2.46. The van der Waals surface area contributed by atoms with E-state index in [-0.39, 0.29) is 35.3 Å². The molecule has 2 aromatic carbocycles. The van der Waals surface area contributed by atoms with Crippen LogP contribution in [0.3, 0.4) is 0 Å². The molecule has 6 atom stereocenters. The topological polar surface area (TPSA) is 102 Å². The molecule has 2 aliphatic heterocycles. The fourth-order valence-corrected chi connectivity index (χ4v) is 9.94. The zero-order valence-corrected chi connectivity index (χ0v) is 27.2. The van der Waals surface area contributed by atoms with Gasteiger partial charge >= 0.3 is 0 Å². The monoisotopic (exact) mass is 642 g/mol. The highest BCUT2D eigenvalue weighted by Gasteiger charge is 2.45. The molecule has 2 aliphatic carbocycles. The van der Waals surface area contributed by atoms with E-state index < -0.39 is 21.2 Å². The first-order valence-electron chi connectivity index (χ1n) is 15.9. The maximum absolute atomic E-state index is 13.5. The second-order valence-corrected chi connectivity index (χ2v) is 15.8. The zero-order chi connectivity index (χ0) is 31.1. The predicted molar refractivity (Wildman–Crippen MR) is 171 cm³/mol. The van der Waals surface area contributed by atoms with Gasteiger partial charge in [0.25, 0.3) is 5.91 Å². The Hall–Kier alpha value is -2.62. The Labute approximate surface area is 265 Å². The number of rotatable bonds is 3. The molecule has 0 saturated heterocycles. The van der Waals surface area contributed by atoms with Crippen molar-refractivity contribution < 1.29 is 27.5 Å². The third kappa shape index (κ3) is 5.99. The minimum Gasteiger partial charge on any atom is -0.490 e. The smallest absolute Gasteiger partial charge is 0.264 e. The van der Waals surface area contributed by atoms with Crippen LogP contribution in [0.4, 0.5) is 5.69 Å². The number of fused-ring (bicyclic) bond motifs is 4. The molecule has 1 saturated carbocycles. The number of aldehydes is 1. The number of aryl methyl sites for hydroxylation is 1. The second kappa shape index (κ2) is 12.6. The van der Waals surface area contributed by atoms with Crippen LogP contribution in [0.15, 0.2) is 36.4 Å². The normalized spacial score (nSPS) is 31.8. The van der Waals surface area contributed by atoms with Gasteiger partial charge in [0.15, 0.2) is 0 Å². The van der Waals surface area contributed by atoms with E-state index in [1.54, 1.807) is 18.2 Å². The highest BCUT2D eigenvalue weighted by molar-refractivity contribution is 7.90. The molecule has 2 aromatic rings. The van der Waals surface area contributed by atoms with Crippen molar-refractivity contribution in [3.05, 3.63) is 58.1 Å². The first-order chi connectivity index (χ1) is 21.1. The molecule has 2 heterocycles. The van der Waals surface area contributed by atoms with Crippen molar-refractivity contribution in [2.45, 2.75) is 69.0 Å². The summed E-state index contributed by atoms with van der Waals surface area (Å²) in [5.74, 6) is 0.321. The number of methoxy groups -OCH3 is 1. The van der Waals surface area contributed by atoms with Crippen LogP contribution in [0.5, 0.6) is 5.75 Å². The highest BCUT2D eigenvalue weighted by atomic mass is 35.5. The van der Waals surface area contributed by atoms with Gasteiger partial charge in [-0.25, -0.2) is 13.1 Å². The Kier molecular flexibility index (Phi) is 9.01. The summed E-state index contributed by atoms with van der Waals surface area (Å²) in [6.45, 7) is 3.79. The van der Waals surface area contributed by atoms with Gasteiger partial charge in [-0.05, 0) is 104 Å². The molecule has 1 spiro atoms. The van der Waals surface area contributed by atoms with Gasteiger partial charge in [-0.3, -0.25) is 4.79 Å². The summed E-state index contributed by atoms with van der Waals surface area (Å²) >= 11 is 6.40. The third-order valence-electron chi connectivity index (χ3n) is 10.8. The molecule has 0 aromatic heterocycles. The molecule has 1 fully saturated rings. The molecular weight excluding hydrogens is 600 g/mol. The van der Waals surface area contributed by atoms with Gasteiger partial charge in [0.05, 0.1) is 18.9 Å². The number of sulfonamides is 1. The molecule has 8 nitrogen and oxygen atoms in total. The molecule has 0 radical (unpaired) electrons. The van der Waals surface area contributed by atoms with Gasteiger partial charge < -0.3 is 19.2 Å². The van der Waals surface area contributed by atoms with E-state index >= 15 is 0 Å². The van der Waals surface area contributed by atoms with Gasteiger partial charge in [0.1, 0.15) is 17.3 Å². The summed E-state index contributed by atoms with van der Waals surface area (Å²) in [5.41, 5.74) is 3.29. The molecule has 238 valence electrons. The van der Waals surface area contributed by atoms with Crippen LogP contribution in [-0.4, -0.2) is 59.3 Å². The average Bonchev–Trinajstić information content (AvgIpc) is 3.13. The SMILES string of the molecule is COC[C@@H]1[C@@H](C)CCCC(C=O)[C@@H]2CC[C@H]2CN2C[C@@]3(CCCc4cc(Cl)ccc43)COc3ccc(cc32)C(=O)NS1(=O)=O. The fraction of sp³-hybridized carbons (Fsp3) is 0.588. The van der Waals surface area contributed by atoms with Gasteiger partial charge in [-0.1, -0.05) is 31.0 Å². The van der Waals surface area contributed by atoms with Crippen molar-refractivity contribution >= 4 is 39.5 Å². The van der Waals surface area contributed by atoms with Crippen LogP contribution < -0.4 is 14.4 Å². The number of nitrogens with zero attached hydrogens (tertiary/aromatic N) is 1. The molecule has 1 amide bonds. The van der Waals surface area contributed by atoms with E-state index in [4.69, 9.17) is 21.1 Å². The van der Waals surface area contributed by atoms with Crippen molar-refractivity contribution in [1.82, 2.24) is 4.72 Å². The Morgan fingerprint density at radius 2 is 1.98 bits per heavy atom. The van der Waals surface area contributed by atoms with Crippen LogP contribution in [0, 0.1) is 23.7 Å². The average molecular weight is 643 g/mol. The predicted octanol–water partition coefficient (Wildman–Crippen LogP) is 5.55. The first kappa shape index (κ1) is 31.4. The van der Waals surface area contributed by atoms with Gasteiger partial charge in [0, 0.05) is 42.1 Å². The lowest BCUT2D eigenvalue weighted by molar-refractivity contribution is -0.115. The number of carbonyl (C=O) groups is 2. The summed E-state index contributed by atoms with van der Waals surface area (Å²) in [6.07, 6.45) is 8.21. The van der Waals surface area contributed by atoms with Crippen molar-refractivity contribution in [3.8, 4) is 5.75 Å². The van der Waals surface area contributed by atoms with Crippen LogP contribution >= 0.6 is 11.6 Å². The number of anilines is 1. The van der Waals surface area contributed by atoms with Gasteiger partial charge in [0.2, 0.25) is 10.0 Å². The quantitative estimate of drug-likeness (QED) is 0.438. The van der Waals surface area contributed by atoms with E-state index in [2.05, 4.69) is 21.8 Å². The number of hydrogen-bond acceptors (Lipinski definition) is 7. The number of carbonyl (C=O) groups excluding carboxylic acids is 2. The number of nitrogens with one attached hydrogen (secondary N) is 1. The molecule has 10 heteroatoms. The van der Waals surface area contributed by atoms with Crippen LogP contribution in [0.25, 0.3) is 0 Å². The fourth-order valence-electron chi connectivity index (χ4n) is 8.16. The Balaban J connectivity index is 1.42. The molecule has 6 rings (SSSR count). The third-order valence-corrected chi connectivity index (χ3v) is 12.9. The highest BCUT2D eigenvalue weighted by Crippen LogP contribution is 2.47. The first-order valence-corrected chi connectivity index (χ1v) is 17.9. The van der Waals surface area contributed by atoms with E-state index in [9.17, 15) is 18.0 Å². The van der Waals surface area contributed by atoms with E-state index in [1.165, 1.54) is 18.2 Å². The van der Waals surface area contributed by atoms with Gasteiger partial charge in [-0.2, -0.15) is 0 Å². The van der Waals surface area contributed by atoms with E-state index in [0.29, 0.717) is 31.2 Å². The maximum Gasteiger partial charge on any atom is 0.264 e. The molecule has 4 aliphatic rings. The zero-order valence-electron chi connectivity index (χ0n) is 25.6. The summed E-state index contributed by atoms with van der Waals surface area (Å²) in [7, 11) is -2.57. The van der Waals surface area contributed by atoms with Crippen molar-refractivity contribution in [2.24, 2.45) is 23.7 Å². The lowest BCUT2D eigenvalue weighted by atomic mass is 9.65. The van der Waals surface area contributed by atoms with Crippen LogP contribution in [-0.2, 0) is 31.4 Å². The minimum absolute atomic E-state index is 0.0217. The largest absolute Gasteiger partial charge is 0.490 e. The lowest BCUT2D eigenvalue weighted by Crippen LogP contribution is -2.49. The number of halogens is 1. The summed E-state index contributed by atoms with van der Waals surface area (Å²) in [6, 6.07) is 11.4. The second-order valence-electron chi connectivity index (χ2n) is 13.5. The summed E-state index contributed by atoms with van der Waals surface area (Å²) in [4.78, 5) is 28.2. The van der Waals surface area contributed by atoms with Crippen LogP contribution in [0.1, 0.15) is 73.4 Å². The molecular formula is C34H43ClN2O6S. The Morgan fingerprint density at radius 3 is 2.73 bits per heavy atom. The minimum atomic E-state index is -4.04. The van der Waals surface area contributed by atoms with Crippen molar-refractivity contribution in [2.75, 3.05) is 38.3 Å². The maximum atomic E-state index is 13.5. The number of hydrogen-bond donors (Lipinski definition) is 1. The van der Waals surface area contributed by atoms with Crippen molar-refractivity contribution in [1.29, 1.82) is 0 Å². The molecule has 2 bridgehead atoms. The van der Waals surface area contributed by atoms with Crippen LogP contribution in [0.2, 0.25) is 5.02 Å². The van der Waals surface area contributed by atoms with E-state index in [0.717, 1.165) is 68.5 Å². The number of ether oxygens (including phenoxy) is 2. The summed E-state index contributed by atoms with van der Waals surface area (Å²) in [5, 5.41) is -0.163. The van der Waals surface area contributed by atoms with E-state index in [1.807, 2.05) is 13.0 Å². The number of benzene rings is 2.